The van der Waals surface area contributed by atoms with Crippen LogP contribution in [0.3, 0.4) is 0 Å². The highest BCUT2D eigenvalue weighted by molar-refractivity contribution is 14.1. The lowest BCUT2D eigenvalue weighted by atomic mass is 10.1. The Morgan fingerprint density at radius 2 is 1.77 bits per heavy atom. The molecule has 0 saturated carbocycles. The summed E-state index contributed by atoms with van der Waals surface area (Å²) in [7, 11) is 0. The van der Waals surface area contributed by atoms with Crippen LogP contribution in [0.1, 0.15) is 29.2 Å². The second-order valence-corrected chi connectivity index (χ2v) is 9.78. The maximum Gasteiger partial charge on any atom is 0.266 e. The molecule has 0 spiro atoms. The zero-order valence-electron chi connectivity index (χ0n) is 19.4. The van der Waals surface area contributed by atoms with E-state index in [9.17, 15) is 10.1 Å². The molecule has 0 heterocycles. The third-order valence-corrected chi connectivity index (χ3v) is 6.39. The summed E-state index contributed by atoms with van der Waals surface area (Å²) in [6.07, 6.45) is 1.51. The molecule has 5 nitrogen and oxygen atoms in total. The fraction of sp³-hybridized carbons (Fsp3) is 0.185. The van der Waals surface area contributed by atoms with Gasteiger partial charge in [-0.3, -0.25) is 4.79 Å². The minimum absolute atomic E-state index is 0.0711. The number of nitrogens with zero attached hydrogens (tertiary/aromatic N) is 1. The number of nitriles is 1. The van der Waals surface area contributed by atoms with E-state index in [-0.39, 0.29) is 5.57 Å². The molecule has 0 aliphatic rings. The van der Waals surface area contributed by atoms with Crippen LogP contribution in [0.5, 0.6) is 11.5 Å². The Kier molecular flexibility index (Phi) is 9.44. The average Bonchev–Trinajstić information content (AvgIpc) is 2.79. The molecule has 0 unspecified atom stereocenters. The number of carbonyl (C=O) groups excluding carboxylic acids is 1. The number of carbonyl (C=O) groups is 1. The molecule has 0 aliphatic carbocycles. The first-order valence-electron chi connectivity index (χ1n) is 10.7. The Hall–Kier alpha value is -2.73. The smallest absolute Gasteiger partial charge is 0.266 e. The van der Waals surface area contributed by atoms with E-state index in [1.54, 1.807) is 18.2 Å². The second kappa shape index (κ2) is 12.3. The first kappa shape index (κ1) is 26.9. The molecule has 0 atom stereocenters. The monoisotopic (exact) mass is 620 g/mol. The van der Waals surface area contributed by atoms with Crippen molar-refractivity contribution < 1.29 is 14.3 Å². The predicted octanol–water partition coefficient (Wildman–Crippen LogP) is 7.74. The van der Waals surface area contributed by atoms with Gasteiger partial charge in [-0.15, -0.1) is 0 Å². The number of halogens is 3. The van der Waals surface area contributed by atoms with E-state index in [1.165, 1.54) is 23.3 Å². The summed E-state index contributed by atoms with van der Waals surface area (Å²) in [6, 6.07) is 16.5. The molecule has 0 saturated heterocycles. The fourth-order valence-electron chi connectivity index (χ4n) is 3.47. The van der Waals surface area contributed by atoms with Gasteiger partial charge in [0.05, 0.1) is 20.2 Å². The normalized spacial score (nSPS) is 11.1. The van der Waals surface area contributed by atoms with E-state index in [1.807, 2.05) is 19.1 Å². The molecular weight excluding hydrogens is 598 g/mol. The van der Waals surface area contributed by atoms with Crippen molar-refractivity contribution in [1.82, 2.24) is 0 Å². The first-order chi connectivity index (χ1) is 16.7. The molecule has 8 heteroatoms. The van der Waals surface area contributed by atoms with Gasteiger partial charge in [0.25, 0.3) is 5.91 Å². The van der Waals surface area contributed by atoms with E-state index >= 15 is 0 Å². The summed E-state index contributed by atoms with van der Waals surface area (Å²) < 4.78 is 12.7. The van der Waals surface area contributed by atoms with Crippen LogP contribution >= 0.6 is 45.8 Å². The van der Waals surface area contributed by atoms with Crippen LogP contribution in [-0.2, 0) is 11.4 Å². The van der Waals surface area contributed by atoms with Gasteiger partial charge in [0.1, 0.15) is 18.2 Å². The van der Waals surface area contributed by atoms with E-state index in [0.717, 1.165) is 9.13 Å². The van der Waals surface area contributed by atoms with Crippen LogP contribution in [0.4, 0.5) is 5.69 Å². The molecule has 3 rings (SSSR count). The molecule has 0 aliphatic heterocycles. The molecule has 35 heavy (non-hydrogen) atoms. The van der Waals surface area contributed by atoms with Crippen molar-refractivity contribution in [2.24, 2.45) is 0 Å². The molecular formula is C27H23Cl2IN2O3. The molecule has 1 amide bonds. The lowest BCUT2D eigenvalue weighted by molar-refractivity contribution is -0.112. The number of rotatable bonds is 8. The zero-order chi connectivity index (χ0) is 25.5. The Bertz CT molecular complexity index is 1310. The standard InChI is InChI=1S/C27H23Cl2IN2O3/c1-4-34-25-12-18(10-20(14-31)27(33)32-21-5-6-22(28)23(29)13-21)11-24(30)26(25)35-15-19-8-16(2)7-17(3)9-19/h5-13H,4,15H2,1-3H3,(H,32,33)/b20-10+. The molecule has 1 N–H and O–H groups in total. The summed E-state index contributed by atoms with van der Waals surface area (Å²) in [4.78, 5) is 12.7. The predicted molar refractivity (Wildman–Crippen MR) is 149 cm³/mol. The third-order valence-electron chi connectivity index (χ3n) is 4.85. The molecule has 0 aromatic heterocycles. The summed E-state index contributed by atoms with van der Waals surface area (Å²) in [5.41, 5.74) is 4.41. The van der Waals surface area contributed by atoms with Gasteiger partial charge in [-0.1, -0.05) is 52.5 Å². The molecule has 0 fully saturated rings. The number of amides is 1. The van der Waals surface area contributed by atoms with Gasteiger partial charge in [-0.05, 0) is 90.9 Å². The fourth-order valence-corrected chi connectivity index (χ4v) is 4.55. The van der Waals surface area contributed by atoms with E-state index in [0.29, 0.717) is 46.0 Å². The van der Waals surface area contributed by atoms with E-state index in [4.69, 9.17) is 32.7 Å². The zero-order valence-corrected chi connectivity index (χ0v) is 23.1. The first-order valence-corrected chi connectivity index (χ1v) is 12.6. The van der Waals surface area contributed by atoms with Crippen molar-refractivity contribution in [3.8, 4) is 17.6 Å². The SMILES string of the molecule is CCOc1cc(/C=C(\C#N)C(=O)Nc2ccc(Cl)c(Cl)c2)cc(I)c1OCc1cc(C)cc(C)c1. The van der Waals surface area contributed by atoms with Gasteiger partial charge in [0.2, 0.25) is 0 Å². The quantitative estimate of drug-likeness (QED) is 0.159. The number of benzene rings is 3. The summed E-state index contributed by atoms with van der Waals surface area (Å²) in [5.74, 6) is 0.591. The van der Waals surface area contributed by atoms with E-state index < -0.39 is 5.91 Å². The molecule has 0 radical (unpaired) electrons. The summed E-state index contributed by atoms with van der Waals surface area (Å²) in [5, 5.41) is 12.9. The van der Waals surface area contributed by atoms with Gasteiger partial charge >= 0.3 is 0 Å². The number of ether oxygens (including phenoxy) is 2. The molecule has 3 aromatic carbocycles. The topological polar surface area (TPSA) is 71.3 Å². The van der Waals surface area contributed by atoms with Crippen LogP contribution in [0.2, 0.25) is 10.0 Å². The van der Waals surface area contributed by atoms with Crippen molar-refractivity contribution in [2.45, 2.75) is 27.4 Å². The molecule has 3 aromatic rings. The van der Waals surface area contributed by atoms with Crippen molar-refractivity contribution in [1.29, 1.82) is 5.26 Å². The maximum atomic E-state index is 12.7. The van der Waals surface area contributed by atoms with Gasteiger partial charge in [-0.25, -0.2) is 0 Å². The number of hydrogen-bond acceptors (Lipinski definition) is 4. The van der Waals surface area contributed by atoms with Crippen molar-refractivity contribution >= 4 is 63.5 Å². The Morgan fingerprint density at radius 1 is 1.06 bits per heavy atom. The summed E-state index contributed by atoms with van der Waals surface area (Å²) >= 11 is 14.1. The molecule has 0 bridgehead atoms. The highest BCUT2D eigenvalue weighted by atomic mass is 127. The number of aryl methyl sites for hydroxylation is 2. The minimum atomic E-state index is -0.561. The lowest BCUT2D eigenvalue weighted by Crippen LogP contribution is -2.13. The number of hydrogen-bond donors (Lipinski definition) is 1. The van der Waals surface area contributed by atoms with Gasteiger partial charge in [0.15, 0.2) is 11.5 Å². The largest absolute Gasteiger partial charge is 0.490 e. The highest BCUT2D eigenvalue weighted by Gasteiger charge is 2.15. The third kappa shape index (κ3) is 7.38. The van der Waals surface area contributed by atoms with Crippen molar-refractivity contribution in [3.63, 3.8) is 0 Å². The van der Waals surface area contributed by atoms with Crippen molar-refractivity contribution in [2.75, 3.05) is 11.9 Å². The maximum absolute atomic E-state index is 12.7. The summed E-state index contributed by atoms with van der Waals surface area (Å²) in [6.45, 7) is 6.82. The Morgan fingerprint density at radius 3 is 2.40 bits per heavy atom. The van der Waals surface area contributed by atoms with Crippen LogP contribution in [0.15, 0.2) is 54.1 Å². The van der Waals surface area contributed by atoms with Crippen LogP contribution < -0.4 is 14.8 Å². The average molecular weight is 621 g/mol. The van der Waals surface area contributed by atoms with Crippen molar-refractivity contribution in [3.05, 3.63) is 90.0 Å². The number of anilines is 1. The van der Waals surface area contributed by atoms with Crippen LogP contribution in [0.25, 0.3) is 6.08 Å². The van der Waals surface area contributed by atoms with Crippen LogP contribution in [0, 0.1) is 28.7 Å². The Balaban J connectivity index is 1.85. The lowest BCUT2D eigenvalue weighted by Gasteiger charge is -2.15. The second-order valence-electron chi connectivity index (χ2n) is 7.80. The van der Waals surface area contributed by atoms with Gasteiger partial charge < -0.3 is 14.8 Å². The van der Waals surface area contributed by atoms with Crippen LogP contribution in [-0.4, -0.2) is 12.5 Å². The van der Waals surface area contributed by atoms with E-state index in [2.05, 4.69) is 60.0 Å². The molecule has 180 valence electrons. The highest BCUT2D eigenvalue weighted by Crippen LogP contribution is 2.36. The Labute approximate surface area is 228 Å². The van der Waals surface area contributed by atoms with Gasteiger partial charge in [-0.2, -0.15) is 5.26 Å². The minimum Gasteiger partial charge on any atom is -0.490 e. The number of nitrogens with one attached hydrogen (secondary N) is 1. The van der Waals surface area contributed by atoms with Gasteiger partial charge in [0, 0.05) is 5.69 Å².